The van der Waals surface area contributed by atoms with Gasteiger partial charge in [0.25, 0.3) is 0 Å². The van der Waals surface area contributed by atoms with Crippen molar-refractivity contribution in [1.29, 1.82) is 0 Å². The van der Waals surface area contributed by atoms with E-state index in [9.17, 15) is 0 Å². The quantitative estimate of drug-likeness (QED) is 0.740. The summed E-state index contributed by atoms with van der Waals surface area (Å²) >= 11 is 7.07. The molecule has 0 radical (unpaired) electrons. The van der Waals surface area contributed by atoms with Crippen LogP contribution in [0, 0.1) is 0 Å². The molecule has 0 bridgehead atoms. The molecule has 0 amide bonds. The molecule has 2 aromatic heterocycles. The second-order valence-electron chi connectivity index (χ2n) is 4.29. The molecule has 0 aliphatic heterocycles. The smallest absolute Gasteiger partial charge is 0.0957 e. The van der Waals surface area contributed by atoms with Crippen molar-refractivity contribution in [2.45, 2.75) is 12.5 Å². The van der Waals surface area contributed by atoms with Gasteiger partial charge < -0.3 is 5.32 Å². The summed E-state index contributed by atoms with van der Waals surface area (Å²) in [7, 11) is 2.01. The van der Waals surface area contributed by atoms with Crippen LogP contribution in [0.25, 0.3) is 10.2 Å². The lowest BCUT2D eigenvalue weighted by atomic mass is 10.2. The summed E-state index contributed by atoms with van der Waals surface area (Å²) in [5, 5.41) is 6.69. The highest BCUT2D eigenvalue weighted by molar-refractivity contribution is 9.10. The number of fused-ring (bicyclic) bond motifs is 1. The second-order valence-corrected chi connectivity index (χ2v) is 7.26. The Balaban J connectivity index is 1.86. The summed E-state index contributed by atoms with van der Waals surface area (Å²) in [6.07, 6.45) is 0.933. The third-order valence-corrected chi connectivity index (χ3v) is 5.86. The third-order valence-electron chi connectivity index (χ3n) is 3.00. The molecule has 19 heavy (non-hydrogen) atoms. The molecular formula is C14H13BrN2S2. The predicted molar refractivity (Wildman–Crippen MR) is 87.1 cm³/mol. The molecule has 0 spiro atoms. The maximum atomic E-state index is 4.70. The average Bonchev–Trinajstić information content (AvgIpc) is 3.01. The van der Waals surface area contributed by atoms with Crippen LogP contribution in [-0.4, -0.2) is 12.0 Å². The molecule has 0 aliphatic carbocycles. The molecule has 5 heteroatoms. The highest BCUT2D eigenvalue weighted by Crippen LogP contribution is 2.30. The fraction of sp³-hybridized carbons (Fsp3) is 0.214. The maximum Gasteiger partial charge on any atom is 0.0957 e. The first-order valence-electron chi connectivity index (χ1n) is 6.02. The Bertz CT molecular complexity index is 656. The number of nitrogens with zero attached hydrogens (tertiary/aromatic N) is 1. The van der Waals surface area contributed by atoms with Crippen LogP contribution in [0.3, 0.4) is 0 Å². The van der Waals surface area contributed by atoms with Crippen molar-refractivity contribution in [2.75, 3.05) is 7.05 Å². The highest BCUT2D eigenvalue weighted by Gasteiger charge is 2.14. The van der Waals surface area contributed by atoms with Gasteiger partial charge in [-0.25, -0.2) is 4.98 Å². The van der Waals surface area contributed by atoms with Crippen LogP contribution in [0.4, 0.5) is 0 Å². The largest absolute Gasteiger partial charge is 0.312 e. The van der Waals surface area contributed by atoms with Gasteiger partial charge in [-0.2, -0.15) is 0 Å². The second kappa shape index (κ2) is 5.71. The average molecular weight is 353 g/mol. The minimum atomic E-state index is 0.330. The van der Waals surface area contributed by atoms with Crippen molar-refractivity contribution in [3.8, 4) is 0 Å². The van der Waals surface area contributed by atoms with Gasteiger partial charge in [0, 0.05) is 27.2 Å². The Kier molecular flexibility index (Phi) is 3.98. The minimum absolute atomic E-state index is 0.330. The first kappa shape index (κ1) is 13.2. The Labute approximate surface area is 128 Å². The Morgan fingerprint density at radius 2 is 2.21 bits per heavy atom. The molecule has 0 saturated heterocycles. The van der Waals surface area contributed by atoms with Gasteiger partial charge in [0.1, 0.15) is 0 Å². The van der Waals surface area contributed by atoms with Gasteiger partial charge in [0.05, 0.1) is 15.2 Å². The molecule has 0 aliphatic rings. The van der Waals surface area contributed by atoms with Crippen LogP contribution < -0.4 is 5.32 Å². The van der Waals surface area contributed by atoms with E-state index in [1.807, 2.05) is 13.1 Å². The lowest BCUT2D eigenvalue weighted by molar-refractivity contribution is 0.601. The van der Waals surface area contributed by atoms with E-state index in [1.165, 1.54) is 14.6 Å². The van der Waals surface area contributed by atoms with Crippen molar-refractivity contribution in [3.63, 3.8) is 0 Å². The molecule has 1 unspecified atom stereocenters. The SMILES string of the molecule is CNC(Cc1nc2ccccc2s1)c1cc(Br)cs1. The first-order valence-corrected chi connectivity index (χ1v) is 8.51. The summed E-state index contributed by atoms with van der Waals surface area (Å²) in [6, 6.07) is 10.8. The van der Waals surface area contributed by atoms with Gasteiger partial charge in [-0.05, 0) is 41.2 Å². The fourth-order valence-corrected chi connectivity index (χ4v) is 4.61. The molecule has 3 aromatic rings. The fourth-order valence-electron chi connectivity index (χ4n) is 2.04. The number of hydrogen-bond acceptors (Lipinski definition) is 4. The maximum absolute atomic E-state index is 4.70. The topological polar surface area (TPSA) is 24.9 Å². The summed E-state index contributed by atoms with van der Waals surface area (Å²) in [5.74, 6) is 0. The number of rotatable bonds is 4. The summed E-state index contributed by atoms with van der Waals surface area (Å²) in [5.41, 5.74) is 1.10. The standard InChI is InChI=1S/C14H13BrN2S2/c1-16-11(13-6-9(15)8-18-13)7-14-17-10-4-2-3-5-12(10)19-14/h2-6,8,11,16H,7H2,1H3. The lowest BCUT2D eigenvalue weighted by Gasteiger charge is -2.12. The van der Waals surface area contributed by atoms with Gasteiger partial charge in [0.2, 0.25) is 0 Å². The molecule has 0 saturated carbocycles. The zero-order valence-electron chi connectivity index (χ0n) is 10.4. The Morgan fingerprint density at radius 1 is 1.37 bits per heavy atom. The van der Waals surface area contributed by atoms with Crippen LogP contribution >= 0.6 is 38.6 Å². The van der Waals surface area contributed by atoms with E-state index in [1.54, 1.807) is 22.7 Å². The number of halogens is 1. The lowest BCUT2D eigenvalue weighted by Crippen LogP contribution is -2.17. The normalized spacial score (nSPS) is 12.9. The molecule has 1 atom stereocenters. The van der Waals surface area contributed by atoms with E-state index >= 15 is 0 Å². The van der Waals surface area contributed by atoms with Crippen molar-refractivity contribution >= 4 is 48.8 Å². The van der Waals surface area contributed by atoms with E-state index in [4.69, 9.17) is 4.98 Å². The van der Waals surface area contributed by atoms with Crippen LogP contribution in [0.2, 0.25) is 0 Å². The number of likely N-dealkylation sites (N-methyl/N-ethyl adjacent to an activating group) is 1. The number of aromatic nitrogens is 1. The minimum Gasteiger partial charge on any atom is -0.312 e. The Morgan fingerprint density at radius 3 is 2.89 bits per heavy atom. The van der Waals surface area contributed by atoms with E-state index in [0.29, 0.717) is 6.04 Å². The van der Waals surface area contributed by atoms with Crippen molar-refractivity contribution in [2.24, 2.45) is 0 Å². The van der Waals surface area contributed by atoms with Crippen LogP contribution in [0.1, 0.15) is 15.9 Å². The van der Waals surface area contributed by atoms with Gasteiger partial charge in [-0.15, -0.1) is 22.7 Å². The molecule has 2 heterocycles. The van der Waals surface area contributed by atoms with E-state index in [0.717, 1.165) is 16.4 Å². The number of thiophene rings is 1. The van der Waals surface area contributed by atoms with Crippen molar-refractivity contribution in [3.05, 3.63) is 50.1 Å². The third kappa shape index (κ3) is 2.89. The van der Waals surface area contributed by atoms with Crippen LogP contribution in [0.5, 0.6) is 0 Å². The van der Waals surface area contributed by atoms with Gasteiger partial charge in [-0.1, -0.05) is 12.1 Å². The molecular weight excluding hydrogens is 340 g/mol. The predicted octanol–water partition coefficient (Wildman–Crippen LogP) is 4.62. The molecule has 2 nitrogen and oxygen atoms in total. The van der Waals surface area contributed by atoms with Crippen LogP contribution in [-0.2, 0) is 6.42 Å². The molecule has 1 aromatic carbocycles. The summed E-state index contributed by atoms with van der Waals surface area (Å²) in [6.45, 7) is 0. The zero-order chi connectivity index (χ0) is 13.2. The van der Waals surface area contributed by atoms with Gasteiger partial charge in [0.15, 0.2) is 0 Å². The molecule has 98 valence electrons. The number of thiazole rings is 1. The summed E-state index contributed by atoms with van der Waals surface area (Å²) < 4.78 is 2.41. The molecule has 3 rings (SSSR count). The Hall–Kier alpha value is -0.750. The van der Waals surface area contributed by atoms with Crippen LogP contribution in [0.15, 0.2) is 40.2 Å². The van der Waals surface area contributed by atoms with Gasteiger partial charge >= 0.3 is 0 Å². The zero-order valence-corrected chi connectivity index (χ0v) is 13.6. The van der Waals surface area contributed by atoms with Crippen molar-refractivity contribution < 1.29 is 0 Å². The van der Waals surface area contributed by atoms with E-state index < -0.39 is 0 Å². The number of para-hydroxylation sites is 1. The monoisotopic (exact) mass is 352 g/mol. The van der Waals surface area contributed by atoms with Crippen molar-refractivity contribution in [1.82, 2.24) is 10.3 Å². The summed E-state index contributed by atoms with van der Waals surface area (Å²) in [4.78, 5) is 6.05. The highest BCUT2D eigenvalue weighted by atomic mass is 79.9. The van der Waals surface area contributed by atoms with E-state index in [2.05, 4.69) is 50.9 Å². The number of nitrogens with one attached hydrogen (secondary N) is 1. The van der Waals surface area contributed by atoms with Gasteiger partial charge in [-0.3, -0.25) is 0 Å². The molecule has 1 N–H and O–H groups in total. The van der Waals surface area contributed by atoms with E-state index in [-0.39, 0.29) is 0 Å². The number of benzene rings is 1. The first-order chi connectivity index (χ1) is 9.26. The number of hydrogen-bond donors (Lipinski definition) is 1. The molecule has 0 fully saturated rings.